The Morgan fingerprint density at radius 1 is 1.35 bits per heavy atom. The fourth-order valence-corrected chi connectivity index (χ4v) is 3.95. The van der Waals surface area contributed by atoms with Gasteiger partial charge >= 0.3 is 0 Å². The zero-order valence-corrected chi connectivity index (χ0v) is 11.9. The Morgan fingerprint density at radius 3 is 2.47 bits per heavy atom. The Balaban J connectivity index is 2.70. The van der Waals surface area contributed by atoms with Crippen LogP contribution in [0.15, 0.2) is 0 Å². The Labute approximate surface area is 105 Å². The first kappa shape index (κ1) is 14.9. The SMILES string of the molecule is CC(C)N(CCO)C1CCCC(S(C)(=O)=O)C1. The molecule has 2 unspecified atom stereocenters. The number of hydrogen-bond donors (Lipinski definition) is 1. The van der Waals surface area contributed by atoms with E-state index in [0.717, 1.165) is 25.7 Å². The van der Waals surface area contributed by atoms with Gasteiger partial charge in [-0.05, 0) is 33.1 Å². The quantitative estimate of drug-likeness (QED) is 0.805. The van der Waals surface area contributed by atoms with Gasteiger partial charge in [-0.25, -0.2) is 8.42 Å². The number of hydrogen-bond acceptors (Lipinski definition) is 4. The van der Waals surface area contributed by atoms with Crippen LogP contribution in [0.25, 0.3) is 0 Å². The lowest BCUT2D eigenvalue weighted by atomic mass is 9.93. The molecule has 0 aromatic carbocycles. The summed E-state index contributed by atoms with van der Waals surface area (Å²) in [4.78, 5) is 2.23. The second-order valence-electron chi connectivity index (χ2n) is 5.33. The highest BCUT2D eigenvalue weighted by Gasteiger charge is 2.32. The largest absolute Gasteiger partial charge is 0.395 e. The minimum absolute atomic E-state index is 0.137. The zero-order valence-electron chi connectivity index (χ0n) is 11.1. The highest BCUT2D eigenvalue weighted by atomic mass is 32.2. The first-order chi connectivity index (χ1) is 7.86. The van der Waals surface area contributed by atoms with E-state index in [1.807, 2.05) is 0 Å². The van der Waals surface area contributed by atoms with Gasteiger partial charge in [0.25, 0.3) is 0 Å². The van der Waals surface area contributed by atoms with E-state index in [1.54, 1.807) is 0 Å². The smallest absolute Gasteiger partial charge is 0.150 e. The predicted octanol–water partition coefficient (Wildman–Crippen LogP) is 1.04. The second kappa shape index (κ2) is 6.16. The van der Waals surface area contributed by atoms with E-state index in [2.05, 4.69) is 18.7 Å². The summed E-state index contributed by atoms with van der Waals surface area (Å²) in [5, 5.41) is 8.89. The molecule has 102 valence electrons. The van der Waals surface area contributed by atoms with Crippen molar-refractivity contribution in [2.24, 2.45) is 0 Å². The number of sulfone groups is 1. The maximum Gasteiger partial charge on any atom is 0.150 e. The van der Waals surface area contributed by atoms with Crippen molar-refractivity contribution in [1.82, 2.24) is 4.90 Å². The monoisotopic (exact) mass is 263 g/mol. The lowest BCUT2D eigenvalue weighted by molar-refractivity contribution is 0.0954. The molecular formula is C12H25NO3S. The molecule has 0 aromatic heterocycles. The van der Waals surface area contributed by atoms with Gasteiger partial charge in [0.05, 0.1) is 11.9 Å². The highest BCUT2D eigenvalue weighted by molar-refractivity contribution is 7.91. The van der Waals surface area contributed by atoms with Crippen LogP contribution in [0, 0.1) is 0 Å². The Bertz CT molecular complexity index is 327. The number of aliphatic hydroxyl groups is 1. The summed E-state index contributed by atoms with van der Waals surface area (Å²) < 4.78 is 23.2. The van der Waals surface area contributed by atoms with Gasteiger partial charge < -0.3 is 5.11 Å². The van der Waals surface area contributed by atoms with Crippen molar-refractivity contribution in [3.8, 4) is 0 Å². The van der Waals surface area contributed by atoms with Crippen LogP contribution in [0.4, 0.5) is 0 Å². The molecule has 17 heavy (non-hydrogen) atoms. The summed E-state index contributed by atoms with van der Waals surface area (Å²) in [6.07, 6.45) is 4.87. The topological polar surface area (TPSA) is 57.6 Å². The molecular weight excluding hydrogens is 238 g/mol. The lowest BCUT2D eigenvalue weighted by Crippen LogP contribution is -2.46. The molecule has 0 aliphatic heterocycles. The van der Waals surface area contributed by atoms with E-state index in [9.17, 15) is 8.42 Å². The first-order valence-corrected chi connectivity index (χ1v) is 8.37. The maximum atomic E-state index is 11.6. The Morgan fingerprint density at radius 2 is 2.00 bits per heavy atom. The summed E-state index contributed by atoms with van der Waals surface area (Å²) in [6, 6.07) is 0.654. The Kier molecular flexibility index (Phi) is 5.41. The average molecular weight is 263 g/mol. The van der Waals surface area contributed by atoms with Gasteiger partial charge in [0.15, 0.2) is 0 Å². The van der Waals surface area contributed by atoms with Gasteiger partial charge in [0, 0.05) is 24.9 Å². The minimum Gasteiger partial charge on any atom is -0.395 e. The fraction of sp³-hybridized carbons (Fsp3) is 1.00. The molecule has 1 N–H and O–H groups in total. The van der Waals surface area contributed by atoms with E-state index in [-0.39, 0.29) is 11.9 Å². The molecule has 1 rings (SSSR count). The third-order valence-corrected chi connectivity index (χ3v) is 5.33. The molecule has 0 bridgehead atoms. The number of rotatable bonds is 5. The van der Waals surface area contributed by atoms with Crippen LogP contribution in [0.5, 0.6) is 0 Å². The fourth-order valence-electron chi connectivity index (χ4n) is 2.79. The summed E-state index contributed by atoms with van der Waals surface area (Å²) in [6.45, 7) is 4.97. The molecule has 0 saturated heterocycles. The van der Waals surface area contributed by atoms with Crippen molar-refractivity contribution >= 4 is 9.84 Å². The van der Waals surface area contributed by atoms with Crippen molar-refractivity contribution in [2.45, 2.75) is 56.9 Å². The standard InChI is InChI=1S/C12H25NO3S/c1-10(2)13(7-8-14)11-5-4-6-12(9-11)17(3,15)16/h10-12,14H,4-9H2,1-3H3. The molecule has 1 saturated carbocycles. The summed E-state index contributed by atoms with van der Waals surface area (Å²) in [5.41, 5.74) is 0. The van der Waals surface area contributed by atoms with E-state index < -0.39 is 9.84 Å². The molecule has 0 aromatic rings. The van der Waals surface area contributed by atoms with E-state index in [1.165, 1.54) is 6.26 Å². The van der Waals surface area contributed by atoms with Crippen LogP contribution >= 0.6 is 0 Å². The molecule has 4 nitrogen and oxygen atoms in total. The van der Waals surface area contributed by atoms with Crippen molar-refractivity contribution in [3.63, 3.8) is 0 Å². The van der Waals surface area contributed by atoms with E-state index in [0.29, 0.717) is 18.6 Å². The van der Waals surface area contributed by atoms with Gasteiger partial charge in [-0.3, -0.25) is 4.90 Å². The zero-order chi connectivity index (χ0) is 13.1. The van der Waals surface area contributed by atoms with Crippen LogP contribution in [-0.2, 0) is 9.84 Å². The maximum absolute atomic E-state index is 11.6. The van der Waals surface area contributed by atoms with Crippen molar-refractivity contribution in [3.05, 3.63) is 0 Å². The van der Waals surface area contributed by atoms with Crippen LogP contribution in [0.3, 0.4) is 0 Å². The second-order valence-corrected chi connectivity index (χ2v) is 7.65. The minimum atomic E-state index is -2.92. The van der Waals surface area contributed by atoms with Gasteiger partial charge in [-0.1, -0.05) is 6.42 Å². The number of nitrogens with zero attached hydrogens (tertiary/aromatic N) is 1. The molecule has 0 heterocycles. The molecule has 1 fully saturated rings. The molecule has 0 radical (unpaired) electrons. The average Bonchev–Trinajstić information content (AvgIpc) is 2.24. The van der Waals surface area contributed by atoms with Crippen LogP contribution < -0.4 is 0 Å². The number of aliphatic hydroxyl groups excluding tert-OH is 1. The van der Waals surface area contributed by atoms with Crippen molar-refractivity contribution in [1.29, 1.82) is 0 Å². The van der Waals surface area contributed by atoms with Gasteiger partial charge in [-0.2, -0.15) is 0 Å². The van der Waals surface area contributed by atoms with E-state index >= 15 is 0 Å². The van der Waals surface area contributed by atoms with Gasteiger partial charge in [-0.15, -0.1) is 0 Å². The summed E-state index contributed by atoms with van der Waals surface area (Å²) in [5.74, 6) is 0. The van der Waals surface area contributed by atoms with Crippen LogP contribution in [0.1, 0.15) is 39.5 Å². The molecule has 1 aliphatic rings. The Hall–Kier alpha value is -0.130. The van der Waals surface area contributed by atoms with Crippen molar-refractivity contribution < 1.29 is 13.5 Å². The van der Waals surface area contributed by atoms with Crippen LogP contribution in [0.2, 0.25) is 0 Å². The first-order valence-electron chi connectivity index (χ1n) is 6.41. The third-order valence-electron chi connectivity index (χ3n) is 3.69. The lowest BCUT2D eigenvalue weighted by Gasteiger charge is -2.39. The third kappa shape index (κ3) is 4.23. The molecule has 5 heteroatoms. The highest BCUT2D eigenvalue weighted by Crippen LogP contribution is 2.28. The molecule has 0 amide bonds. The predicted molar refractivity (Wildman–Crippen MR) is 69.8 cm³/mol. The molecule has 1 aliphatic carbocycles. The summed E-state index contributed by atoms with van der Waals surface area (Å²) in [7, 11) is -2.92. The molecule has 0 spiro atoms. The van der Waals surface area contributed by atoms with Gasteiger partial charge in [0.1, 0.15) is 9.84 Å². The van der Waals surface area contributed by atoms with Crippen molar-refractivity contribution in [2.75, 3.05) is 19.4 Å². The normalized spacial score (nSPS) is 26.7. The summed E-state index contributed by atoms with van der Waals surface area (Å²) >= 11 is 0. The van der Waals surface area contributed by atoms with Gasteiger partial charge in [0.2, 0.25) is 0 Å². The van der Waals surface area contributed by atoms with E-state index in [4.69, 9.17) is 5.11 Å². The van der Waals surface area contributed by atoms with Crippen LogP contribution in [-0.4, -0.2) is 55.2 Å². The molecule has 2 atom stereocenters.